The zero-order valence-corrected chi connectivity index (χ0v) is 24.8. The number of rotatable bonds is 5. The van der Waals surface area contributed by atoms with Crippen LogP contribution in [0.4, 0.5) is 19.0 Å². The minimum absolute atomic E-state index is 0.0641. The Kier molecular flexibility index (Phi) is 6.86. The van der Waals surface area contributed by atoms with Gasteiger partial charge < -0.3 is 9.64 Å². The first kappa shape index (κ1) is 29.2. The van der Waals surface area contributed by atoms with E-state index >= 15 is 0 Å². The normalized spacial score (nSPS) is 21.8. The molecule has 0 aromatic carbocycles. The molecule has 4 bridgehead atoms. The molecule has 3 aliphatic rings. The summed E-state index contributed by atoms with van der Waals surface area (Å²) in [7, 11) is -4.22. The molecule has 3 aromatic rings. The third kappa shape index (κ3) is 5.38. The lowest BCUT2D eigenvalue weighted by Crippen LogP contribution is -2.41. The molecular formula is C28H32F3N7O4S. The molecule has 43 heavy (non-hydrogen) atoms. The van der Waals surface area contributed by atoms with E-state index in [0.29, 0.717) is 37.4 Å². The van der Waals surface area contributed by atoms with Crippen LogP contribution in [-0.4, -0.2) is 63.7 Å². The number of anilines is 1. The van der Waals surface area contributed by atoms with Crippen LogP contribution in [0.1, 0.15) is 62.0 Å². The van der Waals surface area contributed by atoms with E-state index in [1.54, 1.807) is 17.8 Å². The summed E-state index contributed by atoms with van der Waals surface area (Å²) in [5.41, 5.74) is -0.464. The number of aromatic nitrogens is 5. The summed E-state index contributed by atoms with van der Waals surface area (Å²) in [6.45, 7) is 6.53. The highest BCUT2D eigenvalue weighted by atomic mass is 32.2. The highest BCUT2D eigenvalue weighted by Gasteiger charge is 2.62. The van der Waals surface area contributed by atoms with Gasteiger partial charge in [-0.15, -0.1) is 5.10 Å². The molecule has 0 atom stereocenters. The highest BCUT2D eigenvalue weighted by molar-refractivity contribution is 7.90. The van der Waals surface area contributed by atoms with Crippen molar-refractivity contribution in [3.05, 3.63) is 53.5 Å². The molecular weight excluding hydrogens is 587 g/mol. The second-order valence-electron chi connectivity index (χ2n) is 12.0. The third-order valence-electron chi connectivity index (χ3n) is 8.55. The SMILES string of the molecule is Cc1c2cnn1CC/C=C1\CN(c3nc(-n4ccc(OCCC5(C(F)(F)F)CC5)n4)ccc3C(=O)NS2(=O)=O)C(C)(C)C1. The number of fused-ring (bicyclic) bond motifs is 6. The Morgan fingerprint density at radius 1 is 1.16 bits per heavy atom. The van der Waals surface area contributed by atoms with E-state index in [1.807, 2.05) is 18.7 Å². The monoisotopic (exact) mass is 619 g/mol. The standard InChI is InChI=1S/C28H32F3N7O4S/c1-18-21-16-32-37(18)12-4-5-19-15-26(2,3)36(17-19)24-20(25(39)35-43(21,40)41)6-7-22(33-24)38-13-8-23(34-38)42-14-11-27(9-10-27)28(29,30)31/h5-8,13,16H,4,9-12,14-15,17H2,1-3H3,(H,35,39)/b19-5-. The summed E-state index contributed by atoms with van der Waals surface area (Å²) in [5, 5.41) is 8.55. The average Bonchev–Trinajstić information content (AvgIpc) is 3.25. The molecule has 15 heteroatoms. The summed E-state index contributed by atoms with van der Waals surface area (Å²) in [6, 6.07) is 4.55. The molecule has 1 saturated carbocycles. The number of halogens is 3. The van der Waals surface area contributed by atoms with Crippen molar-refractivity contribution in [2.24, 2.45) is 5.41 Å². The smallest absolute Gasteiger partial charge is 0.394 e. The van der Waals surface area contributed by atoms with E-state index in [-0.39, 0.29) is 48.0 Å². The number of carbonyl (C=O) groups is 1. The maximum Gasteiger partial charge on any atom is 0.394 e. The number of hydrogen-bond acceptors (Lipinski definition) is 8. The quantitative estimate of drug-likeness (QED) is 0.419. The van der Waals surface area contributed by atoms with Crippen molar-refractivity contribution in [3.8, 4) is 11.7 Å². The topological polar surface area (TPSA) is 124 Å². The molecule has 3 aromatic heterocycles. The number of amides is 1. The van der Waals surface area contributed by atoms with Crippen molar-refractivity contribution >= 4 is 21.7 Å². The van der Waals surface area contributed by atoms with Crippen molar-refractivity contribution in [1.29, 1.82) is 0 Å². The van der Waals surface area contributed by atoms with Gasteiger partial charge in [0.2, 0.25) is 5.88 Å². The Morgan fingerprint density at radius 3 is 2.65 bits per heavy atom. The van der Waals surface area contributed by atoms with Gasteiger partial charge in [0.25, 0.3) is 15.9 Å². The number of alkyl halides is 3. The number of pyridine rings is 1. The number of hydrogen-bond donors (Lipinski definition) is 1. The lowest BCUT2D eigenvalue weighted by molar-refractivity contribution is -0.190. The molecule has 2 aliphatic heterocycles. The number of sulfonamides is 1. The van der Waals surface area contributed by atoms with Gasteiger partial charge in [-0.25, -0.2) is 22.8 Å². The maximum atomic E-state index is 13.5. The number of aryl methyl sites for hydroxylation is 1. The summed E-state index contributed by atoms with van der Waals surface area (Å²) < 4.78 is 76.9. The fourth-order valence-electron chi connectivity index (χ4n) is 5.80. The predicted octanol–water partition coefficient (Wildman–Crippen LogP) is 4.32. The molecule has 1 saturated heterocycles. The Labute approximate surface area is 246 Å². The van der Waals surface area contributed by atoms with Crippen LogP contribution < -0.4 is 14.4 Å². The maximum absolute atomic E-state index is 13.5. The average molecular weight is 620 g/mol. The Morgan fingerprint density at radius 2 is 1.93 bits per heavy atom. The molecule has 1 amide bonds. The van der Waals surface area contributed by atoms with Crippen molar-refractivity contribution in [2.75, 3.05) is 18.1 Å². The van der Waals surface area contributed by atoms with Crippen LogP contribution in [0.5, 0.6) is 5.88 Å². The van der Waals surface area contributed by atoms with Gasteiger partial charge in [-0.1, -0.05) is 11.6 Å². The fourth-order valence-corrected chi connectivity index (χ4v) is 6.95. The molecule has 0 radical (unpaired) electrons. The van der Waals surface area contributed by atoms with E-state index in [0.717, 1.165) is 5.57 Å². The first-order valence-corrected chi connectivity index (χ1v) is 15.5. The number of allylic oxidation sites excluding steroid dienone is 1. The van der Waals surface area contributed by atoms with E-state index in [2.05, 4.69) is 21.0 Å². The van der Waals surface area contributed by atoms with Gasteiger partial charge >= 0.3 is 6.18 Å². The molecule has 0 spiro atoms. The molecule has 2 fully saturated rings. The zero-order chi connectivity index (χ0) is 30.8. The molecule has 6 rings (SSSR count). The summed E-state index contributed by atoms with van der Waals surface area (Å²) in [5.74, 6) is -0.0902. The minimum Gasteiger partial charge on any atom is -0.477 e. The fraction of sp³-hybridized carbons (Fsp3) is 0.500. The summed E-state index contributed by atoms with van der Waals surface area (Å²) >= 11 is 0. The second kappa shape index (κ2) is 10.1. The summed E-state index contributed by atoms with van der Waals surface area (Å²) in [4.78, 5) is 20.2. The van der Waals surface area contributed by atoms with Gasteiger partial charge in [0, 0.05) is 30.9 Å². The summed E-state index contributed by atoms with van der Waals surface area (Å²) in [6.07, 6.45) is 2.10. The van der Waals surface area contributed by atoms with Crippen LogP contribution in [-0.2, 0) is 16.6 Å². The van der Waals surface area contributed by atoms with Crippen molar-refractivity contribution < 1.29 is 31.1 Å². The van der Waals surface area contributed by atoms with Gasteiger partial charge in [-0.3, -0.25) is 9.48 Å². The molecule has 230 valence electrons. The third-order valence-corrected chi connectivity index (χ3v) is 9.98. The van der Waals surface area contributed by atoms with Crippen molar-refractivity contribution in [1.82, 2.24) is 29.3 Å². The number of ether oxygens (including phenoxy) is 1. The highest BCUT2D eigenvalue weighted by Crippen LogP contribution is 2.59. The van der Waals surface area contributed by atoms with Crippen LogP contribution in [0.3, 0.4) is 0 Å². The van der Waals surface area contributed by atoms with E-state index in [9.17, 15) is 26.4 Å². The molecule has 0 unspecified atom stereocenters. The second-order valence-corrected chi connectivity index (χ2v) is 13.6. The van der Waals surface area contributed by atoms with E-state index in [1.165, 1.54) is 29.1 Å². The largest absolute Gasteiger partial charge is 0.477 e. The van der Waals surface area contributed by atoms with Crippen LogP contribution in [0.25, 0.3) is 5.82 Å². The van der Waals surface area contributed by atoms with Crippen LogP contribution >= 0.6 is 0 Å². The van der Waals surface area contributed by atoms with E-state index < -0.39 is 33.1 Å². The Bertz CT molecular complexity index is 1720. The minimum atomic E-state index is -4.25. The first-order valence-electron chi connectivity index (χ1n) is 14.0. The Balaban J connectivity index is 1.32. The number of carbonyl (C=O) groups excluding carboxylic acids is 1. The first-order chi connectivity index (χ1) is 20.2. The van der Waals surface area contributed by atoms with E-state index in [4.69, 9.17) is 9.72 Å². The Hall–Kier alpha value is -3.88. The molecule has 5 heterocycles. The van der Waals surface area contributed by atoms with Gasteiger partial charge in [0.1, 0.15) is 10.7 Å². The van der Waals surface area contributed by atoms with Crippen LogP contribution in [0.15, 0.2) is 47.1 Å². The molecule has 1 N–H and O–H groups in total. The molecule has 1 aliphatic carbocycles. The molecule has 11 nitrogen and oxygen atoms in total. The van der Waals surface area contributed by atoms with Crippen LogP contribution in [0, 0.1) is 12.3 Å². The lowest BCUT2D eigenvalue weighted by atomic mass is 9.99. The predicted molar refractivity (Wildman–Crippen MR) is 150 cm³/mol. The zero-order valence-electron chi connectivity index (χ0n) is 24.0. The van der Waals surface area contributed by atoms with Gasteiger partial charge in [0.15, 0.2) is 5.82 Å². The van der Waals surface area contributed by atoms with Crippen molar-refractivity contribution in [2.45, 2.75) is 76.0 Å². The van der Waals surface area contributed by atoms with Crippen LogP contribution in [0.2, 0.25) is 0 Å². The van der Waals surface area contributed by atoms with Crippen molar-refractivity contribution in [3.63, 3.8) is 0 Å². The van der Waals surface area contributed by atoms with Gasteiger partial charge in [0.05, 0.1) is 29.5 Å². The lowest BCUT2D eigenvalue weighted by Gasteiger charge is -2.33. The number of nitrogens with one attached hydrogen (secondary N) is 1. The van der Waals surface area contributed by atoms with Gasteiger partial charge in [-0.05, 0) is 65.0 Å². The van der Waals surface area contributed by atoms with Gasteiger partial charge in [-0.2, -0.15) is 18.3 Å². The number of nitrogens with zero attached hydrogens (tertiary/aromatic N) is 6.